The van der Waals surface area contributed by atoms with Gasteiger partial charge in [-0.3, -0.25) is 0 Å². The molecule has 3 aromatic carbocycles. The minimum Gasteiger partial charge on any atom is -0.143 e. The summed E-state index contributed by atoms with van der Waals surface area (Å²) >= 11 is 6.17. The van der Waals surface area contributed by atoms with Crippen LogP contribution in [0.15, 0.2) is 76.5 Å². The van der Waals surface area contributed by atoms with Crippen molar-refractivity contribution in [2.45, 2.75) is 15.5 Å². The van der Waals surface area contributed by atoms with Crippen molar-refractivity contribution in [1.82, 2.24) is 0 Å². The van der Waals surface area contributed by atoms with Crippen LogP contribution in [0.5, 0.6) is 0 Å². The molecule has 94 valence electrons. The van der Waals surface area contributed by atoms with E-state index in [0.29, 0.717) is 0 Å². The molecule has 0 aliphatic carbocycles. The molecule has 0 aliphatic heterocycles. The molecule has 0 nitrogen and oxygen atoms in total. The number of rotatable bonds is 3. The second-order valence-electron chi connectivity index (χ2n) is 4.46. The van der Waals surface area contributed by atoms with Crippen molar-refractivity contribution in [2.24, 2.45) is 0 Å². The average molecular weight is 282 g/mol. The Balaban J connectivity index is 1.76. The zero-order valence-corrected chi connectivity index (χ0v) is 12.1. The molecule has 0 N–H and O–H groups in total. The fraction of sp³-hybridized carbons (Fsp3) is 0.0588. The monoisotopic (exact) mass is 282 g/mol. The highest BCUT2D eigenvalue weighted by Gasteiger charge is 1.98. The molecular weight excluding hydrogens is 268 g/mol. The maximum atomic E-state index is 4.30. The highest BCUT2D eigenvalue weighted by Crippen LogP contribution is 2.26. The largest absolute Gasteiger partial charge is 0.143 e. The van der Waals surface area contributed by atoms with Gasteiger partial charge in [0.1, 0.15) is 0 Å². The Morgan fingerprint density at radius 2 is 1.53 bits per heavy atom. The first-order valence-electron chi connectivity index (χ1n) is 6.21. The predicted octanol–water partition coefficient (Wildman–Crippen LogP) is 5.42. The fourth-order valence-corrected chi connectivity index (χ4v) is 3.07. The Morgan fingerprint density at radius 1 is 0.789 bits per heavy atom. The SMILES string of the molecule is Sc1ccc(CSc2ccc3ccccc3c2)cc1. The van der Waals surface area contributed by atoms with Gasteiger partial charge in [0.2, 0.25) is 0 Å². The van der Waals surface area contributed by atoms with E-state index in [9.17, 15) is 0 Å². The first-order valence-corrected chi connectivity index (χ1v) is 7.64. The molecule has 0 amide bonds. The summed E-state index contributed by atoms with van der Waals surface area (Å²) < 4.78 is 0. The summed E-state index contributed by atoms with van der Waals surface area (Å²) in [5, 5.41) is 2.60. The molecule has 0 saturated heterocycles. The third-order valence-corrected chi connectivity index (χ3v) is 4.43. The van der Waals surface area contributed by atoms with Gasteiger partial charge in [-0.1, -0.05) is 42.5 Å². The Morgan fingerprint density at radius 3 is 2.32 bits per heavy atom. The molecule has 0 aromatic heterocycles. The van der Waals surface area contributed by atoms with Gasteiger partial charge in [0, 0.05) is 15.5 Å². The second-order valence-corrected chi connectivity index (χ2v) is 6.03. The van der Waals surface area contributed by atoms with E-state index < -0.39 is 0 Å². The van der Waals surface area contributed by atoms with Crippen molar-refractivity contribution in [3.63, 3.8) is 0 Å². The molecule has 3 aromatic rings. The number of thiol groups is 1. The van der Waals surface area contributed by atoms with Crippen LogP contribution in [0.25, 0.3) is 10.8 Å². The van der Waals surface area contributed by atoms with Gasteiger partial charge in [-0.05, 0) is 40.6 Å². The maximum Gasteiger partial charge on any atom is 0.0232 e. The van der Waals surface area contributed by atoms with Crippen molar-refractivity contribution < 1.29 is 0 Å². The fourth-order valence-electron chi connectivity index (χ4n) is 2.02. The zero-order valence-electron chi connectivity index (χ0n) is 10.4. The number of fused-ring (bicyclic) bond motifs is 1. The number of benzene rings is 3. The quantitative estimate of drug-likeness (QED) is 0.494. The van der Waals surface area contributed by atoms with Crippen molar-refractivity contribution >= 4 is 35.2 Å². The van der Waals surface area contributed by atoms with E-state index in [1.54, 1.807) is 0 Å². The van der Waals surface area contributed by atoms with E-state index in [1.165, 1.54) is 21.2 Å². The molecular formula is C17H14S2. The summed E-state index contributed by atoms with van der Waals surface area (Å²) in [5.41, 5.74) is 1.33. The molecule has 0 saturated carbocycles. The van der Waals surface area contributed by atoms with Gasteiger partial charge >= 0.3 is 0 Å². The topological polar surface area (TPSA) is 0 Å². The van der Waals surface area contributed by atoms with Gasteiger partial charge in [0.05, 0.1) is 0 Å². The van der Waals surface area contributed by atoms with Crippen molar-refractivity contribution in [1.29, 1.82) is 0 Å². The number of thioether (sulfide) groups is 1. The van der Waals surface area contributed by atoms with Crippen LogP contribution in [-0.2, 0) is 5.75 Å². The summed E-state index contributed by atoms with van der Waals surface area (Å²) in [7, 11) is 0. The lowest BCUT2D eigenvalue weighted by atomic mass is 10.1. The van der Waals surface area contributed by atoms with E-state index in [1.807, 2.05) is 23.9 Å². The molecule has 0 bridgehead atoms. The third-order valence-electron chi connectivity index (χ3n) is 3.06. The first-order chi connectivity index (χ1) is 9.31. The first kappa shape index (κ1) is 12.6. The summed E-state index contributed by atoms with van der Waals surface area (Å²) in [5.74, 6) is 0.992. The summed E-state index contributed by atoms with van der Waals surface area (Å²) in [4.78, 5) is 2.33. The lowest BCUT2D eigenvalue weighted by Gasteiger charge is -2.04. The van der Waals surface area contributed by atoms with Crippen molar-refractivity contribution in [3.05, 3.63) is 72.3 Å². The molecule has 3 rings (SSSR count). The lowest BCUT2D eigenvalue weighted by Crippen LogP contribution is -1.80. The van der Waals surface area contributed by atoms with Crippen molar-refractivity contribution in [3.8, 4) is 0 Å². The molecule has 19 heavy (non-hydrogen) atoms. The minimum atomic E-state index is 0.992. The van der Waals surface area contributed by atoms with Crippen LogP contribution in [0.4, 0.5) is 0 Å². The van der Waals surface area contributed by atoms with Crippen LogP contribution in [0.2, 0.25) is 0 Å². The van der Waals surface area contributed by atoms with Gasteiger partial charge in [-0.2, -0.15) is 0 Å². The Hall–Kier alpha value is -1.38. The Bertz CT molecular complexity index is 687. The highest BCUT2D eigenvalue weighted by atomic mass is 32.2. The number of hydrogen-bond acceptors (Lipinski definition) is 2. The molecule has 0 unspecified atom stereocenters. The standard InChI is InChI=1S/C17H14S2/c18-16-8-5-13(6-9-16)12-19-17-10-7-14-3-1-2-4-15(14)11-17/h1-11,18H,12H2. The van der Waals surface area contributed by atoms with Crippen LogP contribution < -0.4 is 0 Å². The highest BCUT2D eigenvalue weighted by molar-refractivity contribution is 7.98. The normalized spacial score (nSPS) is 10.8. The predicted molar refractivity (Wildman–Crippen MR) is 87.2 cm³/mol. The lowest BCUT2D eigenvalue weighted by molar-refractivity contribution is 1.34. The van der Waals surface area contributed by atoms with Crippen molar-refractivity contribution in [2.75, 3.05) is 0 Å². The van der Waals surface area contributed by atoms with Crippen LogP contribution in [-0.4, -0.2) is 0 Å². The van der Waals surface area contributed by atoms with Crippen LogP contribution in [0.1, 0.15) is 5.56 Å². The molecule has 0 heterocycles. The average Bonchev–Trinajstić information content (AvgIpc) is 2.46. The van der Waals surface area contributed by atoms with Crippen LogP contribution in [0.3, 0.4) is 0 Å². The summed E-state index contributed by atoms with van der Waals surface area (Å²) in [6.07, 6.45) is 0. The van der Waals surface area contributed by atoms with E-state index in [4.69, 9.17) is 0 Å². The van der Waals surface area contributed by atoms with Gasteiger partial charge in [0.15, 0.2) is 0 Å². The molecule has 0 spiro atoms. The van der Waals surface area contributed by atoms with Crippen LogP contribution in [0, 0.1) is 0 Å². The van der Waals surface area contributed by atoms with Gasteiger partial charge in [-0.15, -0.1) is 24.4 Å². The third kappa shape index (κ3) is 3.14. The molecule has 0 atom stereocenters. The molecule has 0 fully saturated rings. The Kier molecular flexibility index (Phi) is 3.81. The van der Waals surface area contributed by atoms with E-state index >= 15 is 0 Å². The van der Waals surface area contributed by atoms with Gasteiger partial charge in [-0.25, -0.2) is 0 Å². The zero-order chi connectivity index (χ0) is 13.1. The summed E-state index contributed by atoms with van der Waals surface area (Å²) in [6.45, 7) is 0. The van der Waals surface area contributed by atoms with E-state index in [2.05, 4.69) is 67.2 Å². The smallest absolute Gasteiger partial charge is 0.0232 e. The second kappa shape index (κ2) is 5.72. The maximum absolute atomic E-state index is 4.30. The molecule has 2 heteroatoms. The van der Waals surface area contributed by atoms with Crippen LogP contribution >= 0.6 is 24.4 Å². The van der Waals surface area contributed by atoms with Gasteiger partial charge < -0.3 is 0 Å². The Labute approximate surface area is 123 Å². The molecule has 0 radical (unpaired) electrons. The minimum absolute atomic E-state index is 0.992. The summed E-state index contributed by atoms with van der Waals surface area (Å²) in [6, 6.07) is 23.5. The molecule has 0 aliphatic rings. The number of hydrogen-bond donors (Lipinski definition) is 1. The van der Waals surface area contributed by atoms with E-state index in [0.717, 1.165) is 10.6 Å². The van der Waals surface area contributed by atoms with E-state index in [-0.39, 0.29) is 0 Å². The van der Waals surface area contributed by atoms with Gasteiger partial charge in [0.25, 0.3) is 0 Å².